The Hall–Kier alpha value is -1.78. The fourth-order valence-corrected chi connectivity index (χ4v) is 3.19. The maximum atomic E-state index is 5.99. The second kappa shape index (κ2) is 5.31. The number of aryl methyl sites for hydroxylation is 1. The molecule has 3 nitrogen and oxygen atoms in total. The predicted octanol–water partition coefficient (Wildman–Crippen LogP) is 5.01. The Morgan fingerprint density at radius 2 is 2.05 bits per heavy atom. The van der Waals surface area contributed by atoms with Crippen LogP contribution in [0.2, 0.25) is 5.02 Å². The topological polar surface area (TPSA) is 34.1 Å². The van der Waals surface area contributed by atoms with Gasteiger partial charge in [-0.1, -0.05) is 22.9 Å². The van der Waals surface area contributed by atoms with Crippen LogP contribution in [0, 0.1) is 6.92 Å². The molecule has 0 saturated heterocycles. The lowest BCUT2D eigenvalue weighted by molar-refractivity contribution is 0.412. The number of halogens is 1. The number of fused-ring (bicyclic) bond motifs is 1. The Bertz CT molecular complexity index is 770. The van der Waals surface area contributed by atoms with E-state index < -0.39 is 0 Å². The predicted molar refractivity (Wildman–Crippen MR) is 85.6 cm³/mol. The second-order valence-corrected chi connectivity index (χ2v) is 5.91. The summed E-state index contributed by atoms with van der Waals surface area (Å²) < 4.78 is 6.33. The van der Waals surface area contributed by atoms with Gasteiger partial charge in [-0.15, -0.1) is 0 Å². The Kier molecular flexibility index (Phi) is 3.51. The van der Waals surface area contributed by atoms with Crippen LogP contribution in [0.25, 0.3) is 10.2 Å². The molecule has 20 heavy (non-hydrogen) atoms. The standard InChI is InChI=1S/C15H13ClN2OS/c1-9-7-11(4-6-13(9)19-2)17-15-18-12-5-3-10(16)8-14(12)20-15/h3-8H,1-2H3,(H,17,18). The lowest BCUT2D eigenvalue weighted by atomic mass is 10.2. The minimum Gasteiger partial charge on any atom is -0.496 e. The number of ether oxygens (including phenoxy) is 1. The third kappa shape index (κ3) is 2.57. The molecule has 3 aromatic rings. The van der Waals surface area contributed by atoms with Crippen molar-refractivity contribution in [2.24, 2.45) is 0 Å². The number of hydrogen-bond acceptors (Lipinski definition) is 4. The molecule has 0 bridgehead atoms. The van der Waals surface area contributed by atoms with E-state index in [0.717, 1.165) is 37.4 Å². The van der Waals surface area contributed by atoms with Gasteiger partial charge in [0.05, 0.1) is 17.3 Å². The van der Waals surface area contributed by atoms with Gasteiger partial charge < -0.3 is 10.1 Å². The summed E-state index contributed by atoms with van der Waals surface area (Å²) >= 11 is 7.57. The zero-order valence-corrected chi connectivity index (χ0v) is 12.7. The Morgan fingerprint density at radius 1 is 1.20 bits per heavy atom. The number of hydrogen-bond donors (Lipinski definition) is 1. The average molecular weight is 305 g/mol. The number of nitrogens with one attached hydrogen (secondary N) is 1. The molecule has 1 heterocycles. The van der Waals surface area contributed by atoms with Gasteiger partial charge in [0.2, 0.25) is 0 Å². The highest BCUT2D eigenvalue weighted by Crippen LogP contribution is 2.31. The van der Waals surface area contributed by atoms with Gasteiger partial charge in [0.25, 0.3) is 0 Å². The van der Waals surface area contributed by atoms with Crippen LogP contribution in [0.4, 0.5) is 10.8 Å². The van der Waals surface area contributed by atoms with Crippen molar-refractivity contribution in [3.8, 4) is 5.75 Å². The van der Waals surface area contributed by atoms with E-state index in [0.29, 0.717) is 0 Å². The van der Waals surface area contributed by atoms with Crippen molar-refractivity contribution >= 4 is 44.0 Å². The van der Waals surface area contributed by atoms with Crippen LogP contribution in [0.1, 0.15) is 5.56 Å². The molecule has 0 aliphatic carbocycles. The van der Waals surface area contributed by atoms with Gasteiger partial charge in [-0.05, 0) is 48.9 Å². The van der Waals surface area contributed by atoms with E-state index in [2.05, 4.69) is 10.3 Å². The molecule has 102 valence electrons. The number of rotatable bonds is 3. The first-order chi connectivity index (χ1) is 9.65. The van der Waals surface area contributed by atoms with Crippen LogP contribution in [0.15, 0.2) is 36.4 Å². The molecule has 0 aliphatic heterocycles. The maximum Gasteiger partial charge on any atom is 0.188 e. The molecule has 0 aliphatic rings. The largest absolute Gasteiger partial charge is 0.496 e. The zero-order chi connectivity index (χ0) is 14.1. The van der Waals surface area contributed by atoms with Crippen molar-refractivity contribution in [2.75, 3.05) is 12.4 Å². The van der Waals surface area contributed by atoms with Crippen LogP contribution in [-0.4, -0.2) is 12.1 Å². The monoisotopic (exact) mass is 304 g/mol. The average Bonchev–Trinajstić information content (AvgIpc) is 2.80. The molecule has 3 rings (SSSR count). The van der Waals surface area contributed by atoms with Gasteiger partial charge in [-0.2, -0.15) is 0 Å². The van der Waals surface area contributed by atoms with Crippen molar-refractivity contribution in [3.05, 3.63) is 47.0 Å². The van der Waals surface area contributed by atoms with Gasteiger partial charge in [-0.25, -0.2) is 4.98 Å². The molecule has 1 N–H and O–H groups in total. The molecule has 0 fully saturated rings. The smallest absolute Gasteiger partial charge is 0.188 e. The molecular weight excluding hydrogens is 292 g/mol. The van der Waals surface area contributed by atoms with Gasteiger partial charge in [0, 0.05) is 10.7 Å². The van der Waals surface area contributed by atoms with Crippen molar-refractivity contribution in [1.82, 2.24) is 4.98 Å². The fourth-order valence-electron chi connectivity index (χ4n) is 2.03. The van der Waals surface area contributed by atoms with Gasteiger partial charge >= 0.3 is 0 Å². The zero-order valence-electron chi connectivity index (χ0n) is 11.1. The SMILES string of the molecule is COc1ccc(Nc2nc3ccc(Cl)cc3s2)cc1C. The summed E-state index contributed by atoms with van der Waals surface area (Å²) in [4.78, 5) is 4.54. The summed E-state index contributed by atoms with van der Waals surface area (Å²) in [5.41, 5.74) is 3.03. The van der Waals surface area contributed by atoms with Gasteiger partial charge in [-0.3, -0.25) is 0 Å². The van der Waals surface area contributed by atoms with E-state index in [4.69, 9.17) is 16.3 Å². The number of methoxy groups -OCH3 is 1. The van der Waals surface area contributed by atoms with Crippen molar-refractivity contribution in [3.63, 3.8) is 0 Å². The minimum atomic E-state index is 0.730. The summed E-state index contributed by atoms with van der Waals surface area (Å²) in [6.07, 6.45) is 0. The third-order valence-electron chi connectivity index (χ3n) is 3.00. The van der Waals surface area contributed by atoms with Gasteiger partial charge in [0.1, 0.15) is 5.75 Å². The first-order valence-electron chi connectivity index (χ1n) is 6.13. The molecule has 0 amide bonds. The lowest BCUT2D eigenvalue weighted by Crippen LogP contribution is -1.92. The molecule has 2 aromatic carbocycles. The summed E-state index contributed by atoms with van der Waals surface area (Å²) in [5, 5.41) is 4.90. The van der Waals surface area contributed by atoms with E-state index in [1.54, 1.807) is 18.4 Å². The Morgan fingerprint density at radius 3 is 2.80 bits per heavy atom. The van der Waals surface area contributed by atoms with Crippen LogP contribution >= 0.6 is 22.9 Å². The number of benzene rings is 2. The first-order valence-corrected chi connectivity index (χ1v) is 7.33. The highest BCUT2D eigenvalue weighted by Gasteiger charge is 2.06. The second-order valence-electron chi connectivity index (χ2n) is 4.44. The number of nitrogens with zero attached hydrogens (tertiary/aromatic N) is 1. The van der Waals surface area contributed by atoms with E-state index >= 15 is 0 Å². The highest BCUT2D eigenvalue weighted by atomic mass is 35.5. The molecule has 1 aromatic heterocycles. The number of anilines is 2. The summed E-state index contributed by atoms with van der Waals surface area (Å²) in [6.45, 7) is 2.02. The van der Waals surface area contributed by atoms with Crippen LogP contribution in [-0.2, 0) is 0 Å². The van der Waals surface area contributed by atoms with Crippen LogP contribution < -0.4 is 10.1 Å². The molecular formula is C15H13ClN2OS. The van der Waals surface area contributed by atoms with E-state index in [9.17, 15) is 0 Å². The highest BCUT2D eigenvalue weighted by molar-refractivity contribution is 7.22. The fraction of sp³-hybridized carbons (Fsp3) is 0.133. The Labute approximate surface area is 126 Å². The molecule has 0 atom stereocenters. The van der Waals surface area contributed by atoms with Gasteiger partial charge in [0.15, 0.2) is 5.13 Å². The quantitative estimate of drug-likeness (QED) is 0.738. The Balaban J connectivity index is 1.90. The number of thiazole rings is 1. The van der Waals surface area contributed by atoms with Crippen LogP contribution in [0.3, 0.4) is 0 Å². The summed E-state index contributed by atoms with van der Waals surface area (Å²) in [5.74, 6) is 0.881. The van der Waals surface area contributed by atoms with Crippen molar-refractivity contribution < 1.29 is 4.74 Å². The van der Waals surface area contributed by atoms with E-state index in [1.807, 2.05) is 43.3 Å². The van der Waals surface area contributed by atoms with E-state index in [1.165, 1.54) is 0 Å². The minimum absolute atomic E-state index is 0.730. The normalized spacial score (nSPS) is 10.8. The lowest BCUT2D eigenvalue weighted by Gasteiger charge is -2.07. The molecule has 0 spiro atoms. The maximum absolute atomic E-state index is 5.99. The summed E-state index contributed by atoms with van der Waals surface area (Å²) in [7, 11) is 1.67. The van der Waals surface area contributed by atoms with Crippen LogP contribution in [0.5, 0.6) is 5.75 Å². The molecule has 0 unspecified atom stereocenters. The first kappa shape index (κ1) is 13.2. The molecule has 0 radical (unpaired) electrons. The third-order valence-corrected chi connectivity index (χ3v) is 4.17. The summed E-state index contributed by atoms with van der Waals surface area (Å²) in [6, 6.07) is 11.7. The van der Waals surface area contributed by atoms with E-state index in [-0.39, 0.29) is 0 Å². The van der Waals surface area contributed by atoms with Crippen molar-refractivity contribution in [1.29, 1.82) is 0 Å². The van der Waals surface area contributed by atoms with Crippen molar-refractivity contribution in [2.45, 2.75) is 6.92 Å². The molecule has 0 saturated carbocycles. The molecule has 5 heteroatoms. The number of aromatic nitrogens is 1.